The number of amides is 1. The zero-order valence-corrected chi connectivity index (χ0v) is 15.3. The Hall–Kier alpha value is -2.14. The SMILES string of the molecule is CCOC(=O)c1c(-c2ccc(C)cc2)csc1NC(=O)CC(C)C. The third kappa shape index (κ3) is 4.45. The Morgan fingerprint density at radius 2 is 1.88 bits per heavy atom. The number of hydrogen-bond acceptors (Lipinski definition) is 4. The monoisotopic (exact) mass is 345 g/mol. The van der Waals surface area contributed by atoms with Crippen LogP contribution in [0.1, 0.15) is 43.1 Å². The summed E-state index contributed by atoms with van der Waals surface area (Å²) >= 11 is 1.35. The van der Waals surface area contributed by atoms with Crippen molar-refractivity contribution < 1.29 is 14.3 Å². The fourth-order valence-electron chi connectivity index (χ4n) is 2.35. The largest absolute Gasteiger partial charge is 0.462 e. The molecule has 1 N–H and O–H groups in total. The van der Waals surface area contributed by atoms with Gasteiger partial charge in [0.05, 0.1) is 6.61 Å². The van der Waals surface area contributed by atoms with E-state index in [0.29, 0.717) is 23.6 Å². The van der Waals surface area contributed by atoms with Crippen LogP contribution in [0.4, 0.5) is 5.00 Å². The number of anilines is 1. The van der Waals surface area contributed by atoms with E-state index in [1.807, 2.05) is 50.4 Å². The predicted molar refractivity (Wildman–Crippen MR) is 98.5 cm³/mol. The molecule has 0 unspecified atom stereocenters. The lowest BCUT2D eigenvalue weighted by molar-refractivity contribution is -0.116. The predicted octanol–water partition coefficient (Wildman–Crippen LogP) is 4.88. The molecule has 0 saturated carbocycles. The van der Waals surface area contributed by atoms with Crippen LogP contribution < -0.4 is 5.32 Å². The molecule has 4 nitrogen and oxygen atoms in total. The Kier molecular flexibility index (Phi) is 6.15. The molecule has 0 fully saturated rings. The van der Waals surface area contributed by atoms with Gasteiger partial charge in [-0.3, -0.25) is 4.79 Å². The molecule has 0 spiro atoms. The van der Waals surface area contributed by atoms with Gasteiger partial charge in [0, 0.05) is 17.4 Å². The highest BCUT2D eigenvalue weighted by Crippen LogP contribution is 2.36. The molecule has 0 radical (unpaired) electrons. The lowest BCUT2D eigenvalue weighted by Gasteiger charge is -2.10. The van der Waals surface area contributed by atoms with Crippen molar-refractivity contribution in [2.75, 3.05) is 11.9 Å². The molecule has 0 aliphatic carbocycles. The number of thiophene rings is 1. The van der Waals surface area contributed by atoms with Crippen molar-refractivity contribution >= 4 is 28.2 Å². The summed E-state index contributed by atoms with van der Waals surface area (Å²) in [6, 6.07) is 7.94. The van der Waals surface area contributed by atoms with E-state index in [1.54, 1.807) is 6.92 Å². The molecule has 0 saturated heterocycles. The molecule has 0 atom stereocenters. The van der Waals surface area contributed by atoms with Gasteiger partial charge in [0.15, 0.2) is 0 Å². The molecule has 24 heavy (non-hydrogen) atoms. The van der Waals surface area contributed by atoms with E-state index < -0.39 is 5.97 Å². The van der Waals surface area contributed by atoms with Gasteiger partial charge in [0.1, 0.15) is 10.6 Å². The molecule has 2 aromatic rings. The van der Waals surface area contributed by atoms with Crippen molar-refractivity contribution in [2.45, 2.75) is 34.1 Å². The Balaban J connectivity index is 2.39. The number of esters is 1. The van der Waals surface area contributed by atoms with Gasteiger partial charge in [-0.15, -0.1) is 11.3 Å². The van der Waals surface area contributed by atoms with Gasteiger partial charge in [-0.05, 0) is 25.3 Å². The normalized spacial score (nSPS) is 10.7. The standard InChI is InChI=1S/C19H23NO3S/c1-5-23-19(22)17-15(14-8-6-13(4)7-9-14)11-24-18(17)20-16(21)10-12(2)3/h6-9,11-12H,5,10H2,1-4H3,(H,20,21). The van der Waals surface area contributed by atoms with Gasteiger partial charge >= 0.3 is 5.97 Å². The summed E-state index contributed by atoms with van der Waals surface area (Å²) in [6.45, 7) is 8.05. The summed E-state index contributed by atoms with van der Waals surface area (Å²) < 4.78 is 5.19. The van der Waals surface area contributed by atoms with E-state index >= 15 is 0 Å². The van der Waals surface area contributed by atoms with Crippen molar-refractivity contribution in [2.24, 2.45) is 5.92 Å². The highest BCUT2D eigenvalue weighted by Gasteiger charge is 2.22. The van der Waals surface area contributed by atoms with Crippen LogP contribution in [0.5, 0.6) is 0 Å². The zero-order valence-electron chi connectivity index (χ0n) is 14.5. The van der Waals surface area contributed by atoms with Gasteiger partial charge < -0.3 is 10.1 Å². The minimum absolute atomic E-state index is 0.0899. The summed E-state index contributed by atoms with van der Waals surface area (Å²) in [5, 5.41) is 5.30. The first kappa shape index (κ1) is 18.2. The Bertz CT molecular complexity index is 717. The number of rotatable bonds is 6. The number of carbonyl (C=O) groups excluding carboxylic acids is 2. The first-order valence-corrected chi connectivity index (χ1v) is 8.95. The highest BCUT2D eigenvalue weighted by atomic mass is 32.1. The number of aryl methyl sites for hydroxylation is 1. The molecule has 5 heteroatoms. The average molecular weight is 345 g/mol. The van der Waals surface area contributed by atoms with Crippen LogP contribution in [0.15, 0.2) is 29.6 Å². The molecule has 0 bridgehead atoms. The third-order valence-corrected chi connectivity index (χ3v) is 4.38. The highest BCUT2D eigenvalue weighted by molar-refractivity contribution is 7.15. The molecule has 1 heterocycles. The zero-order chi connectivity index (χ0) is 17.7. The van der Waals surface area contributed by atoms with E-state index in [4.69, 9.17) is 4.74 Å². The fraction of sp³-hybridized carbons (Fsp3) is 0.368. The van der Waals surface area contributed by atoms with E-state index in [9.17, 15) is 9.59 Å². The molecule has 1 amide bonds. The summed E-state index contributed by atoms with van der Waals surface area (Å²) in [4.78, 5) is 24.5. The first-order valence-electron chi connectivity index (χ1n) is 8.07. The van der Waals surface area contributed by atoms with Crippen LogP contribution in [-0.4, -0.2) is 18.5 Å². The first-order chi connectivity index (χ1) is 11.4. The van der Waals surface area contributed by atoms with E-state index in [2.05, 4.69) is 5.32 Å². The minimum atomic E-state index is -0.408. The van der Waals surface area contributed by atoms with Crippen LogP contribution in [0, 0.1) is 12.8 Å². The molecule has 1 aromatic heterocycles. The van der Waals surface area contributed by atoms with Crippen LogP contribution in [0.25, 0.3) is 11.1 Å². The van der Waals surface area contributed by atoms with Gasteiger partial charge in [0.2, 0.25) is 5.91 Å². The fourth-order valence-corrected chi connectivity index (χ4v) is 3.32. The van der Waals surface area contributed by atoms with Crippen molar-refractivity contribution in [1.82, 2.24) is 0 Å². The van der Waals surface area contributed by atoms with Crippen molar-refractivity contribution in [1.29, 1.82) is 0 Å². The molecule has 0 aliphatic rings. The molecule has 128 valence electrons. The molecule has 2 rings (SSSR count). The lowest BCUT2D eigenvalue weighted by Crippen LogP contribution is -2.16. The second kappa shape index (κ2) is 8.11. The number of ether oxygens (including phenoxy) is 1. The summed E-state index contributed by atoms with van der Waals surface area (Å²) in [6.07, 6.45) is 0.417. The van der Waals surface area contributed by atoms with Crippen LogP contribution in [-0.2, 0) is 9.53 Å². The molecular formula is C19H23NO3S. The van der Waals surface area contributed by atoms with Crippen molar-refractivity contribution in [3.8, 4) is 11.1 Å². The van der Waals surface area contributed by atoms with Crippen molar-refractivity contribution in [3.05, 3.63) is 40.8 Å². The summed E-state index contributed by atoms with van der Waals surface area (Å²) in [5.74, 6) is -0.241. The molecule has 0 aliphatic heterocycles. The summed E-state index contributed by atoms with van der Waals surface area (Å²) in [7, 11) is 0. The van der Waals surface area contributed by atoms with Crippen LogP contribution >= 0.6 is 11.3 Å². The van der Waals surface area contributed by atoms with Gasteiger partial charge in [-0.1, -0.05) is 43.7 Å². The van der Waals surface area contributed by atoms with Crippen LogP contribution in [0.3, 0.4) is 0 Å². The lowest BCUT2D eigenvalue weighted by atomic mass is 10.0. The number of hydrogen-bond donors (Lipinski definition) is 1. The Morgan fingerprint density at radius 1 is 1.21 bits per heavy atom. The Labute approximate surface area is 146 Å². The average Bonchev–Trinajstić information content (AvgIpc) is 2.91. The number of carbonyl (C=O) groups is 2. The maximum absolute atomic E-state index is 12.4. The summed E-state index contributed by atoms with van der Waals surface area (Å²) in [5.41, 5.74) is 3.31. The smallest absolute Gasteiger partial charge is 0.341 e. The van der Waals surface area contributed by atoms with Crippen molar-refractivity contribution in [3.63, 3.8) is 0 Å². The quantitative estimate of drug-likeness (QED) is 0.759. The second-order valence-corrected chi connectivity index (χ2v) is 6.97. The molecule has 1 aromatic carbocycles. The van der Waals surface area contributed by atoms with Gasteiger partial charge in [0.25, 0.3) is 0 Å². The maximum Gasteiger partial charge on any atom is 0.341 e. The second-order valence-electron chi connectivity index (χ2n) is 6.09. The third-order valence-electron chi connectivity index (χ3n) is 3.48. The Morgan fingerprint density at radius 3 is 2.46 bits per heavy atom. The minimum Gasteiger partial charge on any atom is -0.462 e. The maximum atomic E-state index is 12.4. The van der Waals surface area contributed by atoms with E-state index in [-0.39, 0.29) is 11.8 Å². The topological polar surface area (TPSA) is 55.4 Å². The van der Waals surface area contributed by atoms with Gasteiger partial charge in [-0.25, -0.2) is 4.79 Å². The van der Waals surface area contributed by atoms with E-state index in [1.165, 1.54) is 11.3 Å². The van der Waals surface area contributed by atoms with Gasteiger partial charge in [-0.2, -0.15) is 0 Å². The number of benzene rings is 1. The number of nitrogens with one attached hydrogen (secondary N) is 1. The van der Waals surface area contributed by atoms with Crippen LogP contribution in [0.2, 0.25) is 0 Å². The molecular weight excluding hydrogens is 322 g/mol. The van der Waals surface area contributed by atoms with E-state index in [0.717, 1.165) is 16.7 Å².